The van der Waals surface area contributed by atoms with Gasteiger partial charge in [0.15, 0.2) is 16.6 Å². The van der Waals surface area contributed by atoms with E-state index in [0.29, 0.717) is 46.2 Å². The lowest BCUT2D eigenvalue weighted by Crippen LogP contribution is -2.52. The Morgan fingerprint density at radius 2 is 1.09 bits per heavy atom. The molecule has 192 valence electrons. The first-order valence-corrected chi connectivity index (χ1v) is 21.5. The molecule has 1 rings (SSSR count). The van der Waals surface area contributed by atoms with Gasteiger partial charge in [-0.15, -0.1) is 0 Å². The Hall–Kier alpha value is 0.371. The average Bonchev–Trinajstić information content (AvgIpc) is 2.60. The Bertz CT molecular complexity index is 469. The Morgan fingerprint density at radius 3 is 1.47 bits per heavy atom. The molecule has 10 heteroatoms. The van der Waals surface area contributed by atoms with Crippen molar-refractivity contribution in [2.45, 2.75) is 71.6 Å². The topological polar surface area (TPSA) is 64.6 Å². The van der Waals surface area contributed by atoms with Crippen LogP contribution in [0.25, 0.3) is 0 Å². The van der Waals surface area contributed by atoms with Crippen molar-refractivity contribution in [3.63, 3.8) is 0 Å². The van der Waals surface area contributed by atoms with Crippen molar-refractivity contribution in [3.05, 3.63) is 0 Å². The largest absolute Gasteiger partial charge is 0.437 e. The first kappa shape index (κ1) is 30.4. The minimum absolute atomic E-state index is 0.243. The summed E-state index contributed by atoms with van der Waals surface area (Å²) in [5.74, 6) is 0. The van der Waals surface area contributed by atoms with Gasteiger partial charge in [-0.2, -0.15) is 0 Å². The predicted molar refractivity (Wildman–Crippen MR) is 137 cm³/mol. The fourth-order valence-corrected chi connectivity index (χ4v) is 16.2. The van der Waals surface area contributed by atoms with Crippen LogP contribution in [0.1, 0.15) is 19.8 Å². The molecule has 32 heavy (non-hydrogen) atoms. The number of hydrogen-bond donors (Lipinski definition) is 0. The van der Waals surface area contributed by atoms with Crippen molar-refractivity contribution < 1.29 is 31.9 Å². The van der Waals surface area contributed by atoms with Gasteiger partial charge in [0, 0.05) is 12.0 Å². The molecule has 1 aliphatic heterocycles. The highest BCUT2D eigenvalue weighted by Gasteiger charge is 2.39. The van der Waals surface area contributed by atoms with Crippen LogP contribution in [0.4, 0.5) is 0 Å². The van der Waals surface area contributed by atoms with Crippen molar-refractivity contribution in [3.8, 4) is 0 Å². The highest BCUT2D eigenvalue weighted by atomic mass is 28.5. The Morgan fingerprint density at radius 1 is 0.656 bits per heavy atom. The average molecular weight is 511 g/mol. The van der Waals surface area contributed by atoms with E-state index in [9.17, 15) is 0 Å². The van der Waals surface area contributed by atoms with Gasteiger partial charge in [0.1, 0.15) is 0 Å². The third kappa shape index (κ3) is 14.6. The molecule has 1 heterocycles. The Labute approximate surface area is 200 Å². The quantitative estimate of drug-likeness (QED) is 0.174. The first-order valence-electron chi connectivity index (χ1n) is 12.2. The van der Waals surface area contributed by atoms with Crippen LogP contribution in [0.5, 0.6) is 0 Å². The van der Waals surface area contributed by atoms with Gasteiger partial charge in [-0.3, -0.25) is 0 Å². The highest BCUT2D eigenvalue weighted by Crippen LogP contribution is 2.31. The van der Waals surface area contributed by atoms with Crippen LogP contribution < -0.4 is 0 Å². The molecule has 1 saturated heterocycles. The number of rotatable bonds is 20. The maximum atomic E-state index is 6.52. The third-order valence-corrected chi connectivity index (χ3v) is 14.7. The van der Waals surface area contributed by atoms with Crippen molar-refractivity contribution in [2.75, 3.05) is 66.1 Å². The molecule has 0 radical (unpaired) electrons. The van der Waals surface area contributed by atoms with Crippen molar-refractivity contribution in [2.24, 2.45) is 5.41 Å². The summed E-state index contributed by atoms with van der Waals surface area (Å²) in [6.45, 7) is 24.5. The zero-order chi connectivity index (χ0) is 24.1. The molecule has 0 amide bonds. The second-order valence-corrected chi connectivity index (χ2v) is 23.8. The molecule has 0 N–H and O–H groups in total. The highest BCUT2D eigenvalue weighted by molar-refractivity contribution is 6.87. The molecule has 7 nitrogen and oxygen atoms in total. The lowest BCUT2D eigenvalue weighted by molar-refractivity contribution is -0.153. The molecular formula is C22H50O7Si3. The van der Waals surface area contributed by atoms with E-state index >= 15 is 0 Å². The van der Waals surface area contributed by atoms with Gasteiger partial charge in [0.05, 0.1) is 59.5 Å². The molecule has 0 aromatic carbocycles. The maximum Gasteiger partial charge on any atom is 0.314 e. The minimum atomic E-state index is -2.15. The van der Waals surface area contributed by atoms with E-state index in [0.717, 1.165) is 38.7 Å². The van der Waals surface area contributed by atoms with Crippen LogP contribution in [0, 0.1) is 5.41 Å². The second kappa shape index (κ2) is 14.7. The van der Waals surface area contributed by atoms with Gasteiger partial charge < -0.3 is 31.9 Å². The molecule has 0 saturated carbocycles. The minimum Gasteiger partial charge on any atom is -0.437 e. The van der Waals surface area contributed by atoms with Crippen LogP contribution in [-0.2, 0) is 31.9 Å². The fraction of sp³-hybridized carbons (Fsp3) is 1.00. The molecule has 0 aromatic heterocycles. The van der Waals surface area contributed by atoms with Crippen LogP contribution in [-0.4, -0.2) is 91.3 Å². The lowest BCUT2D eigenvalue weighted by atomic mass is 9.84. The molecule has 0 aliphatic carbocycles. The van der Waals surface area contributed by atoms with Gasteiger partial charge in [-0.05, 0) is 64.7 Å². The Kier molecular flexibility index (Phi) is 14.0. The van der Waals surface area contributed by atoms with Crippen LogP contribution in [0.15, 0.2) is 0 Å². The van der Waals surface area contributed by atoms with E-state index in [-0.39, 0.29) is 5.41 Å². The summed E-state index contributed by atoms with van der Waals surface area (Å²) < 4.78 is 40.9. The molecule has 0 bridgehead atoms. The SMILES string of the molecule is CCC1(COCCOCCOCCOCCC[Si](C)(O[Si](C)(C)C)O[Si](C)(C)C)COC1. The zero-order valence-electron chi connectivity index (χ0n) is 22.1. The van der Waals surface area contributed by atoms with Crippen LogP contribution >= 0.6 is 0 Å². The van der Waals surface area contributed by atoms with Gasteiger partial charge in [-0.1, -0.05) is 6.92 Å². The smallest absolute Gasteiger partial charge is 0.314 e. The van der Waals surface area contributed by atoms with Crippen molar-refractivity contribution in [1.82, 2.24) is 0 Å². The molecule has 0 atom stereocenters. The summed E-state index contributed by atoms with van der Waals surface area (Å²) in [7, 11) is -5.42. The van der Waals surface area contributed by atoms with E-state index in [1.165, 1.54) is 0 Å². The van der Waals surface area contributed by atoms with Gasteiger partial charge in [0.2, 0.25) is 0 Å². The molecule has 0 unspecified atom stereocenters. The summed E-state index contributed by atoms with van der Waals surface area (Å²) >= 11 is 0. The van der Waals surface area contributed by atoms with E-state index in [1.54, 1.807) is 0 Å². The van der Waals surface area contributed by atoms with E-state index in [2.05, 4.69) is 52.8 Å². The summed E-state index contributed by atoms with van der Waals surface area (Å²) in [5.41, 5.74) is 0.243. The van der Waals surface area contributed by atoms with Gasteiger partial charge in [0.25, 0.3) is 0 Å². The zero-order valence-corrected chi connectivity index (χ0v) is 25.1. The van der Waals surface area contributed by atoms with Crippen LogP contribution in [0.2, 0.25) is 51.9 Å². The monoisotopic (exact) mass is 510 g/mol. The summed E-state index contributed by atoms with van der Waals surface area (Å²) in [5, 5.41) is 0. The summed E-state index contributed by atoms with van der Waals surface area (Å²) in [6, 6.07) is 0.977. The van der Waals surface area contributed by atoms with Gasteiger partial charge in [-0.25, -0.2) is 0 Å². The first-order chi connectivity index (χ1) is 14.9. The molecular weight excluding hydrogens is 460 g/mol. The molecule has 0 spiro atoms. The maximum absolute atomic E-state index is 6.52. The predicted octanol–water partition coefficient (Wildman–Crippen LogP) is 4.64. The lowest BCUT2D eigenvalue weighted by Gasteiger charge is -2.40. The summed E-state index contributed by atoms with van der Waals surface area (Å²) in [6.07, 6.45) is 2.07. The van der Waals surface area contributed by atoms with Gasteiger partial charge >= 0.3 is 8.56 Å². The third-order valence-electron chi connectivity index (χ3n) is 5.05. The van der Waals surface area contributed by atoms with E-state index in [1.807, 2.05) is 0 Å². The van der Waals surface area contributed by atoms with Crippen molar-refractivity contribution >= 4 is 25.2 Å². The molecule has 1 aliphatic rings. The number of ether oxygens (including phenoxy) is 5. The molecule has 1 fully saturated rings. The van der Waals surface area contributed by atoms with E-state index < -0.39 is 25.2 Å². The normalized spacial score (nSPS) is 16.9. The standard InChI is InChI=1S/C22H50O7Si3/c1-9-22(20-27-21-22)19-26-17-16-25-15-14-24-13-12-23-11-10-18-32(8,28-30(2,3)4)29-31(5,6)7/h9-21H2,1-8H3. The van der Waals surface area contributed by atoms with E-state index in [4.69, 9.17) is 31.9 Å². The van der Waals surface area contributed by atoms with Crippen LogP contribution in [0.3, 0.4) is 0 Å². The Balaban J connectivity index is 1.97. The molecule has 0 aromatic rings. The van der Waals surface area contributed by atoms with Crippen molar-refractivity contribution in [1.29, 1.82) is 0 Å². The second-order valence-electron chi connectivity index (χ2n) is 10.9. The summed E-state index contributed by atoms with van der Waals surface area (Å²) in [4.78, 5) is 0. The number of hydrogen-bond acceptors (Lipinski definition) is 7. The fourth-order valence-electron chi connectivity index (χ4n) is 3.64.